The number of carbonyl (C=O) groups is 3. The monoisotopic (exact) mass is 387 g/mol. The van der Waals surface area contributed by atoms with E-state index in [0.717, 1.165) is 6.07 Å². The maximum absolute atomic E-state index is 12.0. The zero-order valence-electron chi connectivity index (χ0n) is 14.6. The molecule has 0 spiro atoms. The van der Waals surface area contributed by atoms with Gasteiger partial charge >= 0.3 is 5.97 Å². The molecule has 1 aromatic rings. The van der Waals surface area contributed by atoms with E-state index in [1.165, 1.54) is 39.2 Å². The van der Waals surface area contributed by atoms with E-state index in [1.807, 2.05) is 0 Å². The Hall–Kier alpha value is -2.30. The predicted molar refractivity (Wildman–Crippen MR) is 91.2 cm³/mol. The maximum atomic E-state index is 12.0. The first-order chi connectivity index (χ1) is 12.1. The number of carbonyl (C=O) groups excluding carboxylic acids is 3. The molecular weight excluding hydrogens is 366 g/mol. The van der Waals surface area contributed by atoms with Crippen LogP contribution in [0.25, 0.3) is 0 Å². The van der Waals surface area contributed by atoms with Gasteiger partial charge in [0.15, 0.2) is 18.0 Å². The molecule has 0 heterocycles. The lowest BCUT2D eigenvalue weighted by molar-refractivity contribution is -0.164. The normalized spacial score (nSPS) is 13.5. The molecule has 0 aliphatic heterocycles. The molecule has 9 nitrogen and oxygen atoms in total. The van der Waals surface area contributed by atoms with Crippen molar-refractivity contribution in [1.82, 2.24) is 0 Å². The predicted octanol–water partition coefficient (Wildman–Crippen LogP) is 1.19. The Morgan fingerprint density at radius 1 is 1.23 bits per heavy atom. The van der Waals surface area contributed by atoms with Gasteiger partial charge in [-0.15, -0.1) is 0 Å². The highest BCUT2D eigenvalue weighted by atomic mass is 32.2. The van der Waals surface area contributed by atoms with Crippen LogP contribution in [0, 0.1) is 0 Å². The Morgan fingerprint density at radius 3 is 2.38 bits per heavy atom. The molecule has 1 rings (SSSR count). The van der Waals surface area contributed by atoms with Crippen LogP contribution in [-0.2, 0) is 34.0 Å². The number of ether oxygens (including phenoxy) is 2. The molecule has 2 N–H and O–H groups in total. The van der Waals surface area contributed by atoms with Crippen LogP contribution in [0.4, 0.5) is 5.69 Å². The largest absolute Gasteiger partial charge is 0.452 e. The van der Waals surface area contributed by atoms with Gasteiger partial charge in [0.05, 0.1) is 5.69 Å². The maximum Gasteiger partial charge on any atom is 0.335 e. The highest BCUT2D eigenvalue weighted by molar-refractivity contribution is 7.86. The van der Waals surface area contributed by atoms with Crippen molar-refractivity contribution in [2.45, 2.75) is 43.8 Å². The van der Waals surface area contributed by atoms with Gasteiger partial charge in [0, 0.05) is 20.0 Å². The van der Waals surface area contributed by atoms with Crippen LogP contribution < -0.4 is 5.32 Å². The topological polar surface area (TPSA) is 136 Å². The number of Topliss-reactive ketones (excluding diaryl/α,β-unsaturated/α-hetero) is 1. The highest BCUT2D eigenvalue weighted by Gasteiger charge is 2.24. The number of benzene rings is 1. The molecule has 0 fully saturated rings. The smallest absolute Gasteiger partial charge is 0.335 e. The number of nitrogens with one attached hydrogen (secondary N) is 1. The van der Waals surface area contributed by atoms with Crippen LogP contribution in [0.3, 0.4) is 0 Å². The van der Waals surface area contributed by atoms with Crippen molar-refractivity contribution >= 4 is 33.5 Å². The van der Waals surface area contributed by atoms with Gasteiger partial charge in [0.2, 0.25) is 5.91 Å². The van der Waals surface area contributed by atoms with Crippen molar-refractivity contribution in [2.75, 3.05) is 12.4 Å². The van der Waals surface area contributed by atoms with E-state index < -0.39 is 44.9 Å². The van der Waals surface area contributed by atoms with Gasteiger partial charge in [-0.05, 0) is 26.0 Å². The van der Waals surface area contributed by atoms with Gasteiger partial charge in [-0.2, -0.15) is 8.42 Å². The fourth-order valence-corrected chi connectivity index (χ4v) is 2.59. The Morgan fingerprint density at radius 2 is 1.85 bits per heavy atom. The second-order valence-electron chi connectivity index (χ2n) is 5.47. The Balaban J connectivity index is 2.73. The molecule has 2 atom stereocenters. The number of anilines is 1. The lowest BCUT2D eigenvalue weighted by Crippen LogP contribution is -2.32. The number of amides is 1. The average Bonchev–Trinajstić information content (AvgIpc) is 2.56. The van der Waals surface area contributed by atoms with E-state index >= 15 is 0 Å². The van der Waals surface area contributed by atoms with Crippen molar-refractivity contribution in [3.05, 3.63) is 24.3 Å². The van der Waals surface area contributed by atoms with Gasteiger partial charge in [-0.1, -0.05) is 12.1 Å². The molecule has 0 saturated carbocycles. The minimum absolute atomic E-state index is 0.0859. The summed E-state index contributed by atoms with van der Waals surface area (Å²) in [5, 5.41) is 2.34. The fourth-order valence-electron chi connectivity index (χ4n) is 1.95. The molecule has 26 heavy (non-hydrogen) atoms. The number of esters is 1. The molecule has 0 bridgehead atoms. The zero-order chi connectivity index (χ0) is 19.9. The van der Waals surface area contributed by atoms with E-state index in [0.29, 0.717) is 0 Å². The first-order valence-electron chi connectivity index (χ1n) is 7.66. The van der Waals surface area contributed by atoms with Gasteiger partial charge < -0.3 is 14.8 Å². The summed E-state index contributed by atoms with van der Waals surface area (Å²) in [5.74, 6) is -1.78. The standard InChI is InChI=1S/C16H21NO8S/c1-10(18)13(25-16(20)11(2)24-3)8-9-15(19)17-12-6-4-5-7-14(12)26(21,22)23/h4-7,11,13H,8-9H2,1-3H3,(H,17,19)(H,21,22,23). The average molecular weight is 387 g/mol. The number of rotatable bonds is 9. The van der Waals surface area contributed by atoms with E-state index in [1.54, 1.807) is 0 Å². The van der Waals surface area contributed by atoms with Gasteiger partial charge in [-0.3, -0.25) is 14.1 Å². The summed E-state index contributed by atoms with van der Waals surface area (Å²) in [7, 11) is -3.19. The van der Waals surface area contributed by atoms with Crippen molar-refractivity contribution in [3.8, 4) is 0 Å². The first kappa shape index (κ1) is 21.7. The Bertz CT molecular complexity index is 774. The number of methoxy groups -OCH3 is 1. The van der Waals surface area contributed by atoms with Gasteiger partial charge in [-0.25, -0.2) is 4.79 Å². The summed E-state index contributed by atoms with van der Waals surface area (Å²) in [6.07, 6.45) is -2.27. The molecule has 1 aromatic carbocycles. The van der Waals surface area contributed by atoms with Gasteiger partial charge in [0.1, 0.15) is 4.90 Å². The summed E-state index contributed by atoms with van der Waals surface area (Å²) < 4.78 is 41.6. The Labute approximate surface area is 151 Å². The summed E-state index contributed by atoms with van der Waals surface area (Å²) in [5.41, 5.74) is -0.0932. The third-order valence-electron chi connectivity index (χ3n) is 3.47. The van der Waals surface area contributed by atoms with E-state index in [9.17, 15) is 22.8 Å². The first-order valence-corrected chi connectivity index (χ1v) is 9.10. The minimum atomic E-state index is -4.50. The Kier molecular flexibility index (Phi) is 7.87. The second-order valence-corrected chi connectivity index (χ2v) is 6.86. The van der Waals surface area contributed by atoms with Crippen LogP contribution in [0.15, 0.2) is 29.2 Å². The van der Waals surface area contributed by atoms with Crippen molar-refractivity contribution in [1.29, 1.82) is 0 Å². The van der Waals surface area contributed by atoms with E-state index in [2.05, 4.69) is 5.32 Å². The van der Waals surface area contributed by atoms with Crippen LogP contribution in [0.1, 0.15) is 26.7 Å². The molecule has 0 saturated heterocycles. The molecule has 144 valence electrons. The lowest BCUT2D eigenvalue weighted by Gasteiger charge is -2.17. The second kappa shape index (κ2) is 9.41. The number of para-hydroxylation sites is 1. The summed E-state index contributed by atoms with van der Waals surface area (Å²) in [4.78, 5) is 34.9. The third kappa shape index (κ3) is 6.54. The van der Waals surface area contributed by atoms with Crippen molar-refractivity contribution < 1.29 is 36.8 Å². The van der Waals surface area contributed by atoms with Gasteiger partial charge in [0.25, 0.3) is 10.1 Å². The summed E-state index contributed by atoms with van der Waals surface area (Å²) in [6.45, 7) is 2.68. The zero-order valence-corrected chi connectivity index (χ0v) is 15.4. The molecule has 0 aromatic heterocycles. The van der Waals surface area contributed by atoms with Crippen LogP contribution in [0.2, 0.25) is 0 Å². The SMILES string of the molecule is COC(C)C(=O)OC(CCC(=O)Nc1ccccc1S(=O)(=O)O)C(C)=O. The molecule has 0 radical (unpaired) electrons. The molecular formula is C16H21NO8S. The van der Waals surface area contributed by atoms with Crippen LogP contribution in [-0.4, -0.2) is 49.9 Å². The molecule has 10 heteroatoms. The number of hydrogen-bond donors (Lipinski definition) is 2. The molecule has 1 amide bonds. The number of hydrogen-bond acceptors (Lipinski definition) is 7. The number of ketones is 1. The van der Waals surface area contributed by atoms with E-state index in [-0.39, 0.29) is 18.5 Å². The summed E-state index contributed by atoms with van der Waals surface area (Å²) in [6, 6.07) is 5.32. The quantitative estimate of drug-likeness (QED) is 0.476. The molecule has 0 aliphatic carbocycles. The highest BCUT2D eigenvalue weighted by Crippen LogP contribution is 2.21. The third-order valence-corrected chi connectivity index (χ3v) is 4.38. The molecule has 2 unspecified atom stereocenters. The van der Waals surface area contributed by atoms with Crippen molar-refractivity contribution in [2.24, 2.45) is 0 Å². The summed E-state index contributed by atoms with van der Waals surface area (Å²) >= 11 is 0. The molecule has 0 aliphatic rings. The van der Waals surface area contributed by atoms with Crippen molar-refractivity contribution in [3.63, 3.8) is 0 Å². The van der Waals surface area contributed by atoms with E-state index in [4.69, 9.17) is 14.0 Å². The minimum Gasteiger partial charge on any atom is -0.452 e. The van der Waals surface area contributed by atoms with Crippen LogP contribution in [0.5, 0.6) is 0 Å². The lowest BCUT2D eigenvalue weighted by atomic mass is 10.1. The fraction of sp³-hybridized carbons (Fsp3) is 0.438. The van der Waals surface area contributed by atoms with Crippen LogP contribution >= 0.6 is 0 Å².